The van der Waals surface area contributed by atoms with Crippen molar-refractivity contribution in [1.29, 1.82) is 0 Å². The molecular weight excluding hydrogens is 483 g/mol. The highest BCUT2D eigenvalue weighted by atomic mass is 127. The maximum absolute atomic E-state index is 12.1. The van der Waals surface area contributed by atoms with Gasteiger partial charge in [0.1, 0.15) is 11.5 Å². The van der Waals surface area contributed by atoms with Crippen molar-refractivity contribution >= 4 is 35.8 Å². The average molecular weight is 518 g/mol. The number of rotatable bonds is 9. The highest BCUT2D eigenvalue weighted by molar-refractivity contribution is 14.0. The van der Waals surface area contributed by atoms with Crippen LogP contribution in [-0.4, -0.2) is 62.7 Å². The zero-order valence-electron chi connectivity index (χ0n) is 17.9. The number of hydrogen-bond donors (Lipinski definition) is 2. The van der Waals surface area contributed by atoms with Gasteiger partial charge < -0.3 is 25.0 Å². The van der Waals surface area contributed by atoms with Gasteiger partial charge in [-0.2, -0.15) is 0 Å². The van der Waals surface area contributed by atoms with E-state index in [2.05, 4.69) is 15.6 Å². The number of methoxy groups -OCH3 is 1. The fourth-order valence-electron chi connectivity index (χ4n) is 3.09. The van der Waals surface area contributed by atoms with Crippen LogP contribution in [0.15, 0.2) is 29.3 Å². The molecule has 1 amide bonds. The lowest BCUT2D eigenvalue weighted by Crippen LogP contribution is -2.45. The van der Waals surface area contributed by atoms with Crippen LogP contribution in [0, 0.1) is 5.92 Å². The van der Waals surface area contributed by atoms with Crippen LogP contribution < -0.4 is 20.1 Å². The van der Waals surface area contributed by atoms with Gasteiger partial charge in [-0.25, -0.2) is 0 Å². The molecule has 1 fully saturated rings. The monoisotopic (exact) mass is 518 g/mol. The molecule has 2 rings (SSSR count). The normalized spacial score (nSPS) is 16.4. The fraction of sp³-hybridized carbons (Fsp3) is 0.619. The molecule has 0 radical (unpaired) electrons. The molecule has 0 bridgehead atoms. The van der Waals surface area contributed by atoms with Gasteiger partial charge >= 0.3 is 0 Å². The summed E-state index contributed by atoms with van der Waals surface area (Å²) in [6.07, 6.45) is 1.76. The minimum Gasteiger partial charge on any atom is -0.497 e. The summed E-state index contributed by atoms with van der Waals surface area (Å²) in [6.45, 7) is 9.55. The summed E-state index contributed by atoms with van der Waals surface area (Å²) in [7, 11) is 1.64. The van der Waals surface area contributed by atoms with E-state index in [1.165, 1.54) is 0 Å². The highest BCUT2D eigenvalue weighted by Gasteiger charge is 2.27. The number of carbonyl (C=O) groups excluding carboxylic acids is 1. The number of nitrogens with zero attached hydrogens (tertiary/aromatic N) is 2. The number of guanidine groups is 1. The third kappa shape index (κ3) is 8.67. The number of carbonyl (C=O) groups is 1. The minimum absolute atomic E-state index is 0. The summed E-state index contributed by atoms with van der Waals surface area (Å²) in [5.41, 5.74) is 0. The molecule has 1 saturated heterocycles. The van der Waals surface area contributed by atoms with Crippen molar-refractivity contribution in [2.75, 3.05) is 39.9 Å². The Balaban J connectivity index is 0.00000420. The van der Waals surface area contributed by atoms with E-state index < -0.39 is 0 Å². The molecule has 0 aromatic heterocycles. The molecule has 1 heterocycles. The molecule has 0 saturated carbocycles. The average Bonchev–Trinajstić information content (AvgIpc) is 3.15. The lowest BCUT2D eigenvalue weighted by Gasteiger charge is -2.20. The van der Waals surface area contributed by atoms with Crippen LogP contribution >= 0.6 is 24.0 Å². The predicted molar refractivity (Wildman–Crippen MR) is 127 cm³/mol. The number of ether oxygens (including phenoxy) is 2. The molecule has 1 aliphatic heterocycles. The minimum atomic E-state index is 0. The Morgan fingerprint density at radius 2 is 2.10 bits per heavy atom. The maximum Gasteiger partial charge on any atom is 0.225 e. The molecule has 7 nitrogen and oxygen atoms in total. The molecule has 1 aromatic carbocycles. The van der Waals surface area contributed by atoms with Crippen molar-refractivity contribution in [2.45, 2.75) is 39.7 Å². The van der Waals surface area contributed by atoms with E-state index in [9.17, 15) is 4.79 Å². The Labute approximate surface area is 191 Å². The summed E-state index contributed by atoms with van der Waals surface area (Å²) in [4.78, 5) is 18.7. The van der Waals surface area contributed by atoms with Crippen molar-refractivity contribution < 1.29 is 14.3 Å². The lowest BCUT2D eigenvalue weighted by atomic mass is 10.2. The quantitative estimate of drug-likeness (QED) is 0.228. The molecule has 1 aromatic rings. The third-order valence-electron chi connectivity index (χ3n) is 4.56. The molecule has 8 heteroatoms. The second kappa shape index (κ2) is 13.5. The SMILES string of the molecule is CCNC(=NCCCOc1cccc(OC)c1)NC1CCN(C(=O)C(C)C)C1.I. The molecule has 2 N–H and O–H groups in total. The van der Waals surface area contributed by atoms with Gasteiger partial charge in [-0.05, 0) is 25.5 Å². The topological polar surface area (TPSA) is 75.2 Å². The Bertz CT molecular complexity index is 655. The summed E-state index contributed by atoms with van der Waals surface area (Å²) < 4.78 is 10.9. The van der Waals surface area contributed by atoms with E-state index in [-0.39, 0.29) is 41.8 Å². The van der Waals surface area contributed by atoms with Gasteiger partial charge in [0.2, 0.25) is 5.91 Å². The van der Waals surface area contributed by atoms with E-state index in [1.807, 2.05) is 49.9 Å². The number of benzene rings is 1. The van der Waals surface area contributed by atoms with Gasteiger partial charge in [0, 0.05) is 50.6 Å². The van der Waals surface area contributed by atoms with Crippen LogP contribution in [0.1, 0.15) is 33.6 Å². The summed E-state index contributed by atoms with van der Waals surface area (Å²) in [5, 5.41) is 6.73. The number of halogens is 1. The van der Waals surface area contributed by atoms with Crippen molar-refractivity contribution in [3.8, 4) is 11.5 Å². The largest absolute Gasteiger partial charge is 0.497 e. The van der Waals surface area contributed by atoms with E-state index in [1.54, 1.807) is 7.11 Å². The standard InChI is InChI=1S/C21H34N4O3.HI/c1-5-22-21(24-17-10-12-25(15-17)20(26)16(2)3)23-11-7-13-28-19-9-6-8-18(14-19)27-4;/h6,8-9,14,16-17H,5,7,10-13,15H2,1-4H3,(H2,22,23,24);1H. The van der Waals surface area contributed by atoms with Crippen molar-refractivity contribution in [1.82, 2.24) is 15.5 Å². The second-order valence-electron chi connectivity index (χ2n) is 7.21. The van der Waals surface area contributed by atoms with Gasteiger partial charge in [0.15, 0.2) is 5.96 Å². The van der Waals surface area contributed by atoms with Gasteiger partial charge in [-0.1, -0.05) is 19.9 Å². The highest BCUT2D eigenvalue weighted by Crippen LogP contribution is 2.18. The van der Waals surface area contributed by atoms with Gasteiger partial charge in [0.05, 0.1) is 13.7 Å². The van der Waals surface area contributed by atoms with E-state index in [0.717, 1.165) is 49.9 Å². The van der Waals surface area contributed by atoms with E-state index in [0.29, 0.717) is 13.2 Å². The first-order chi connectivity index (χ1) is 13.5. The summed E-state index contributed by atoms with van der Waals surface area (Å²) in [5.74, 6) is 2.66. The Kier molecular flexibility index (Phi) is 11.8. The first-order valence-corrected chi connectivity index (χ1v) is 10.1. The molecular formula is C21H35IN4O3. The van der Waals surface area contributed by atoms with E-state index >= 15 is 0 Å². The Morgan fingerprint density at radius 1 is 1.34 bits per heavy atom. The number of likely N-dealkylation sites (tertiary alicyclic amines) is 1. The first-order valence-electron chi connectivity index (χ1n) is 10.1. The van der Waals surface area contributed by atoms with E-state index in [4.69, 9.17) is 9.47 Å². The number of nitrogens with one attached hydrogen (secondary N) is 2. The molecule has 164 valence electrons. The van der Waals surface area contributed by atoms with Crippen LogP contribution in [0.2, 0.25) is 0 Å². The van der Waals surface area contributed by atoms with Crippen molar-refractivity contribution in [2.24, 2.45) is 10.9 Å². The molecule has 1 aliphatic rings. The van der Waals surface area contributed by atoms with Gasteiger partial charge in [-0.15, -0.1) is 24.0 Å². The zero-order valence-corrected chi connectivity index (χ0v) is 20.3. The molecule has 0 spiro atoms. The zero-order chi connectivity index (χ0) is 20.4. The van der Waals surface area contributed by atoms with Crippen LogP contribution in [-0.2, 0) is 4.79 Å². The Hall–Kier alpha value is -1.71. The Morgan fingerprint density at radius 3 is 2.79 bits per heavy atom. The van der Waals surface area contributed by atoms with Crippen LogP contribution in [0.25, 0.3) is 0 Å². The second-order valence-corrected chi connectivity index (χ2v) is 7.21. The van der Waals surface area contributed by atoms with Crippen molar-refractivity contribution in [3.63, 3.8) is 0 Å². The van der Waals surface area contributed by atoms with Crippen molar-refractivity contribution in [3.05, 3.63) is 24.3 Å². The number of amides is 1. The summed E-state index contributed by atoms with van der Waals surface area (Å²) >= 11 is 0. The van der Waals surface area contributed by atoms with Crippen LogP contribution in [0.5, 0.6) is 11.5 Å². The van der Waals surface area contributed by atoms with Crippen LogP contribution in [0.4, 0.5) is 0 Å². The van der Waals surface area contributed by atoms with Crippen LogP contribution in [0.3, 0.4) is 0 Å². The maximum atomic E-state index is 12.1. The van der Waals surface area contributed by atoms with Gasteiger partial charge in [0.25, 0.3) is 0 Å². The first kappa shape index (κ1) is 25.3. The van der Waals surface area contributed by atoms with Gasteiger partial charge in [-0.3, -0.25) is 9.79 Å². The molecule has 1 atom stereocenters. The number of hydrogen-bond acceptors (Lipinski definition) is 4. The lowest BCUT2D eigenvalue weighted by molar-refractivity contribution is -0.133. The fourth-order valence-corrected chi connectivity index (χ4v) is 3.09. The third-order valence-corrected chi connectivity index (χ3v) is 4.56. The molecule has 0 aliphatic carbocycles. The summed E-state index contributed by atoms with van der Waals surface area (Å²) in [6, 6.07) is 7.84. The molecule has 1 unspecified atom stereocenters. The number of aliphatic imine (C=N–C) groups is 1. The molecule has 29 heavy (non-hydrogen) atoms. The smallest absolute Gasteiger partial charge is 0.225 e. The predicted octanol–water partition coefficient (Wildman–Crippen LogP) is 2.89.